The van der Waals surface area contributed by atoms with Crippen molar-refractivity contribution < 1.29 is 18.0 Å². The molecule has 0 spiro atoms. The maximum Gasteiger partial charge on any atom is 0.434 e. The van der Waals surface area contributed by atoms with Gasteiger partial charge in [0.25, 0.3) is 0 Å². The molecule has 8 heteroatoms. The standard InChI is InChI=1S/C14H18F3N3OS/c1-20(8-12-19-11(9-22-12)14(15,16)17)13(21)18-7-10-5-3-2-4-6-10/h2-3,9-10H,4-8H2,1H3,(H,18,21)/t10-/m0/s1. The Bertz CT molecular complexity index is 542. The molecule has 0 aliphatic heterocycles. The molecule has 1 N–H and O–H groups in total. The van der Waals surface area contributed by atoms with E-state index in [1.807, 2.05) is 0 Å². The van der Waals surface area contributed by atoms with Crippen LogP contribution in [0.25, 0.3) is 0 Å². The van der Waals surface area contributed by atoms with Gasteiger partial charge in [0.15, 0.2) is 5.69 Å². The van der Waals surface area contributed by atoms with Gasteiger partial charge in [-0.25, -0.2) is 9.78 Å². The Kier molecular flexibility index (Phi) is 5.44. The van der Waals surface area contributed by atoms with Gasteiger partial charge in [0.2, 0.25) is 0 Å². The number of alkyl halides is 3. The van der Waals surface area contributed by atoms with Gasteiger partial charge in [0.05, 0.1) is 6.54 Å². The number of allylic oxidation sites excluding steroid dienone is 2. The molecule has 1 atom stereocenters. The second kappa shape index (κ2) is 7.13. The third-order valence-electron chi connectivity index (χ3n) is 3.48. The summed E-state index contributed by atoms with van der Waals surface area (Å²) in [5.74, 6) is 0.430. The van der Waals surface area contributed by atoms with Gasteiger partial charge in [-0.1, -0.05) is 12.2 Å². The molecule has 0 radical (unpaired) electrons. The molecule has 1 aromatic rings. The molecule has 0 unspecified atom stereocenters. The van der Waals surface area contributed by atoms with Crippen molar-refractivity contribution in [2.24, 2.45) is 5.92 Å². The zero-order valence-corrected chi connectivity index (χ0v) is 13.0. The lowest BCUT2D eigenvalue weighted by molar-refractivity contribution is -0.140. The highest BCUT2D eigenvalue weighted by Gasteiger charge is 2.33. The van der Waals surface area contributed by atoms with Gasteiger partial charge in [-0.05, 0) is 25.2 Å². The molecule has 2 rings (SSSR count). The first-order valence-electron chi connectivity index (χ1n) is 7.02. The molecule has 0 bridgehead atoms. The van der Waals surface area contributed by atoms with Crippen LogP contribution in [0, 0.1) is 5.92 Å². The van der Waals surface area contributed by atoms with Crippen LogP contribution in [0.3, 0.4) is 0 Å². The molecule has 0 saturated heterocycles. The number of carbonyl (C=O) groups is 1. The van der Waals surface area contributed by atoms with Crippen LogP contribution in [0.4, 0.5) is 18.0 Å². The van der Waals surface area contributed by atoms with Crippen LogP contribution < -0.4 is 5.32 Å². The molecule has 1 aromatic heterocycles. The molecule has 2 amide bonds. The van der Waals surface area contributed by atoms with E-state index in [4.69, 9.17) is 0 Å². The summed E-state index contributed by atoms with van der Waals surface area (Å²) in [6, 6.07) is -0.293. The highest BCUT2D eigenvalue weighted by atomic mass is 32.1. The first kappa shape index (κ1) is 16.8. The highest BCUT2D eigenvalue weighted by Crippen LogP contribution is 2.30. The quantitative estimate of drug-likeness (QED) is 0.855. The predicted molar refractivity (Wildman–Crippen MR) is 78.5 cm³/mol. The zero-order chi connectivity index (χ0) is 16.2. The second-order valence-electron chi connectivity index (χ2n) is 5.32. The normalized spacial score (nSPS) is 18.3. The zero-order valence-electron chi connectivity index (χ0n) is 12.2. The Morgan fingerprint density at radius 2 is 2.27 bits per heavy atom. The van der Waals surface area contributed by atoms with E-state index in [0.717, 1.165) is 36.0 Å². The Morgan fingerprint density at radius 3 is 2.86 bits per heavy atom. The molecule has 4 nitrogen and oxygen atoms in total. The fraction of sp³-hybridized carbons (Fsp3) is 0.571. The van der Waals surface area contributed by atoms with E-state index in [1.165, 1.54) is 4.90 Å². The monoisotopic (exact) mass is 333 g/mol. The van der Waals surface area contributed by atoms with E-state index < -0.39 is 11.9 Å². The van der Waals surface area contributed by atoms with Crippen molar-refractivity contribution in [1.29, 1.82) is 0 Å². The fourth-order valence-electron chi connectivity index (χ4n) is 2.20. The van der Waals surface area contributed by atoms with Crippen LogP contribution in [-0.4, -0.2) is 29.5 Å². The molecular weight excluding hydrogens is 315 g/mol. The van der Waals surface area contributed by atoms with Gasteiger partial charge < -0.3 is 10.2 Å². The molecule has 1 aliphatic rings. The second-order valence-corrected chi connectivity index (χ2v) is 6.26. The first-order chi connectivity index (χ1) is 10.4. The summed E-state index contributed by atoms with van der Waals surface area (Å²) in [5.41, 5.74) is -0.907. The van der Waals surface area contributed by atoms with Crippen LogP contribution >= 0.6 is 11.3 Å². The van der Waals surface area contributed by atoms with Crippen LogP contribution in [-0.2, 0) is 12.7 Å². The van der Waals surface area contributed by atoms with E-state index in [9.17, 15) is 18.0 Å². The van der Waals surface area contributed by atoms with Gasteiger partial charge in [-0.3, -0.25) is 0 Å². The number of hydrogen-bond acceptors (Lipinski definition) is 3. The fourth-order valence-corrected chi connectivity index (χ4v) is 3.05. The summed E-state index contributed by atoms with van der Waals surface area (Å²) in [6.07, 6.45) is 2.82. The highest BCUT2D eigenvalue weighted by molar-refractivity contribution is 7.09. The molecule has 122 valence electrons. The van der Waals surface area contributed by atoms with E-state index in [0.29, 0.717) is 12.5 Å². The molecule has 0 fully saturated rings. The maximum absolute atomic E-state index is 12.5. The number of amides is 2. The van der Waals surface area contributed by atoms with E-state index in [2.05, 4.69) is 22.5 Å². The van der Waals surface area contributed by atoms with E-state index >= 15 is 0 Å². The van der Waals surface area contributed by atoms with Crippen molar-refractivity contribution in [3.8, 4) is 0 Å². The van der Waals surface area contributed by atoms with Crippen molar-refractivity contribution >= 4 is 17.4 Å². The summed E-state index contributed by atoms with van der Waals surface area (Å²) >= 11 is 0.906. The number of nitrogens with one attached hydrogen (secondary N) is 1. The van der Waals surface area contributed by atoms with Crippen LogP contribution in [0.15, 0.2) is 17.5 Å². The minimum Gasteiger partial charge on any atom is -0.338 e. The molecule has 0 aromatic carbocycles. The summed E-state index contributed by atoms with van der Waals surface area (Å²) in [5, 5.41) is 4.05. The minimum absolute atomic E-state index is 0.0666. The topological polar surface area (TPSA) is 45.2 Å². The Balaban J connectivity index is 1.80. The van der Waals surface area contributed by atoms with Crippen molar-refractivity contribution in [3.63, 3.8) is 0 Å². The van der Waals surface area contributed by atoms with Gasteiger partial charge in [-0.15, -0.1) is 11.3 Å². The average molecular weight is 333 g/mol. The summed E-state index contributed by atoms with van der Waals surface area (Å²) in [4.78, 5) is 16.8. The number of hydrogen-bond donors (Lipinski definition) is 1. The summed E-state index contributed by atoms with van der Waals surface area (Å²) < 4.78 is 37.4. The van der Waals surface area contributed by atoms with Crippen LogP contribution in [0.5, 0.6) is 0 Å². The SMILES string of the molecule is CN(Cc1nc(C(F)(F)F)cs1)C(=O)NC[C@H]1CC=CCC1. The Morgan fingerprint density at radius 1 is 1.50 bits per heavy atom. The third-order valence-corrected chi connectivity index (χ3v) is 4.31. The molecule has 22 heavy (non-hydrogen) atoms. The van der Waals surface area contributed by atoms with E-state index in [1.54, 1.807) is 7.05 Å². The van der Waals surface area contributed by atoms with Gasteiger partial charge >= 0.3 is 12.2 Å². The summed E-state index contributed by atoms with van der Waals surface area (Å²) in [7, 11) is 1.55. The van der Waals surface area contributed by atoms with Gasteiger partial charge in [-0.2, -0.15) is 13.2 Å². The van der Waals surface area contributed by atoms with Crippen molar-refractivity contribution in [3.05, 3.63) is 28.2 Å². The average Bonchev–Trinajstić information content (AvgIpc) is 2.94. The minimum atomic E-state index is -4.44. The number of rotatable bonds is 4. The Labute approximate surface area is 131 Å². The lowest BCUT2D eigenvalue weighted by Crippen LogP contribution is -2.39. The van der Waals surface area contributed by atoms with Gasteiger partial charge in [0.1, 0.15) is 5.01 Å². The van der Waals surface area contributed by atoms with Crippen molar-refractivity contribution in [2.75, 3.05) is 13.6 Å². The van der Waals surface area contributed by atoms with Crippen LogP contribution in [0.2, 0.25) is 0 Å². The van der Waals surface area contributed by atoms with Crippen molar-refractivity contribution in [2.45, 2.75) is 32.0 Å². The predicted octanol–water partition coefficient (Wildman–Crippen LogP) is 3.66. The first-order valence-corrected chi connectivity index (χ1v) is 7.90. The van der Waals surface area contributed by atoms with Gasteiger partial charge in [0, 0.05) is 19.0 Å². The number of aromatic nitrogens is 1. The number of urea groups is 1. The lowest BCUT2D eigenvalue weighted by Gasteiger charge is -2.21. The molecular formula is C14H18F3N3OS. The molecule has 0 saturated carbocycles. The molecule has 1 heterocycles. The number of halogens is 3. The molecule has 1 aliphatic carbocycles. The van der Waals surface area contributed by atoms with Crippen LogP contribution in [0.1, 0.15) is 30.0 Å². The smallest absolute Gasteiger partial charge is 0.338 e. The number of nitrogens with zero attached hydrogens (tertiary/aromatic N) is 2. The number of carbonyl (C=O) groups excluding carboxylic acids is 1. The lowest BCUT2D eigenvalue weighted by atomic mass is 9.94. The largest absolute Gasteiger partial charge is 0.434 e. The maximum atomic E-state index is 12.5. The Hall–Kier alpha value is -1.57. The van der Waals surface area contributed by atoms with E-state index in [-0.39, 0.29) is 17.6 Å². The number of thiazole rings is 1. The van der Waals surface area contributed by atoms with Crippen molar-refractivity contribution in [1.82, 2.24) is 15.2 Å². The summed E-state index contributed by atoms with van der Waals surface area (Å²) in [6.45, 7) is 0.649. The third kappa shape index (κ3) is 4.72.